The fourth-order valence-corrected chi connectivity index (χ4v) is 1.94. The van der Waals surface area contributed by atoms with E-state index in [1.54, 1.807) is 6.92 Å². The predicted molar refractivity (Wildman–Crippen MR) is 61.5 cm³/mol. The van der Waals surface area contributed by atoms with E-state index >= 15 is 0 Å². The summed E-state index contributed by atoms with van der Waals surface area (Å²) in [5, 5.41) is 10.7. The standard InChI is InChI=1S/C12H14N2O/c1-7-9-5-3-4-6-10(9)14-12(13)11(7)8(2)15/h3-6,8,15H,1-2H3,(H2,13,14)/t8-/m1/s1. The smallest absolute Gasteiger partial charge is 0.130 e. The van der Waals surface area contributed by atoms with Gasteiger partial charge in [-0.05, 0) is 25.5 Å². The number of hydrogen-bond acceptors (Lipinski definition) is 3. The SMILES string of the molecule is Cc1c([C@@H](C)O)c(N)nc2ccccc12. The first kappa shape index (κ1) is 9.93. The van der Waals surface area contributed by atoms with Crippen molar-refractivity contribution in [3.05, 3.63) is 35.4 Å². The molecule has 0 saturated carbocycles. The number of aromatic nitrogens is 1. The van der Waals surface area contributed by atoms with Crippen LogP contribution >= 0.6 is 0 Å². The molecule has 3 heteroatoms. The van der Waals surface area contributed by atoms with Gasteiger partial charge < -0.3 is 10.8 Å². The highest BCUT2D eigenvalue weighted by atomic mass is 16.3. The van der Waals surface area contributed by atoms with E-state index in [0.29, 0.717) is 5.82 Å². The normalized spacial score (nSPS) is 13.0. The Morgan fingerprint density at radius 1 is 1.33 bits per heavy atom. The van der Waals surface area contributed by atoms with Crippen molar-refractivity contribution in [1.82, 2.24) is 4.98 Å². The van der Waals surface area contributed by atoms with Crippen molar-refractivity contribution in [1.29, 1.82) is 0 Å². The van der Waals surface area contributed by atoms with Crippen LogP contribution in [0.15, 0.2) is 24.3 Å². The van der Waals surface area contributed by atoms with E-state index < -0.39 is 6.10 Å². The minimum Gasteiger partial charge on any atom is -0.389 e. The molecule has 0 radical (unpaired) electrons. The Kier molecular flexibility index (Phi) is 2.32. The van der Waals surface area contributed by atoms with Gasteiger partial charge in [-0.1, -0.05) is 18.2 Å². The molecular formula is C12H14N2O. The number of nitrogens with zero attached hydrogens (tertiary/aromatic N) is 1. The minimum atomic E-state index is -0.581. The number of rotatable bonds is 1. The van der Waals surface area contributed by atoms with Crippen molar-refractivity contribution in [3.63, 3.8) is 0 Å². The van der Waals surface area contributed by atoms with Crippen LogP contribution in [0.2, 0.25) is 0 Å². The molecule has 0 saturated heterocycles. The summed E-state index contributed by atoms with van der Waals surface area (Å²) < 4.78 is 0. The van der Waals surface area contributed by atoms with Crippen molar-refractivity contribution >= 4 is 16.7 Å². The van der Waals surface area contributed by atoms with Crippen molar-refractivity contribution < 1.29 is 5.11 Å². The average Bonchev–Trinajstić information content (AvgIpc) is 2.17. The highest BCUT2D eigenvalue weighted by Gasteiger charge is 2.13. The summed E-state index contributed by atoms with van der Waals surface area (Å²) in [6.45, 7) is 3.66. The van der Waals surface area contributed by atoms with E-state index in [0.717, 1.165) is 22.0 Å². The molecule has 0 aliphatic heterocycles. The summed E-state index contributed by atoms with van der Waals surface area (Å²) in [4.78, 5) is 4.28. The second-order valence-corrected chi connectivity index (χ2v) is 3.73. The Morgan fingerprint density at radius 3 is 2.67 bits per heavy atom. The van der Waals surface area contributed by atoms with Crippen LogP contribution in [-0.2, 0) is 0 Å². The molecule has 0 unspecified atom stereocenters. The third-order valence-electron chi connectivity index (χ3n) is 2.65. The molecule has 1 heterocycles. The number of para-hydroxylation sites is 1. The van der Waals surface area contributed by atoms with Crippen LogP contribution in [0.4, 0.5) is 5.82 Å². The lowest BCUT2D eigenvalue weighted by Crippen LogP contribution is -2.04. The fraction of sp³-hybridized carbons (Fsp3) is 0.250. The van der Waals surface area contributed by atoms with Gasteiger partial charge in [0.1, 0.15) is 5.82 Å². The Labute approximate surface area is 88.6 Å². The molecule has 0 bridgehead atoms. The lowest BCUT2D eigenvalue weighted by Gasteiger charge is -2.13. The van der Waals surface area contributed by atoms with E-state index in [1.807, 2.05) is 31.2 Å². The van der Waals surface area contributed by atoms with Gasteiger partial charge in [0, 0.05) is 10.9 Å². The molecule has 2 aromatic rings. The number of nitrogens with two attached hydrogens (primary N) is 1. The van der Waals surface area contributed by atoms with Gasteiger partial charge in [0.15, 0.2) is 0 Å². The molecule has 0 amide bonds. The second kappa shape index (κ2) is 3.51. The lowest BCUT2D eigenvalue weighted by molar-refractivity contribution is 0.199. The molecule has 1 aromatic heterocycles. The molecular weight excluding hydrogens is 188 g/mol. The number of fused-ring (bicyclic) bond motifs is 1. The topological polar surface area (TPSA) is 59.1 Å². The van der Waals surface area contributed by atoms with Gasteiger partial charge in [0.2, 0.25) is 0 Å². The quantitative estimate of drug-likeness (QED) is 0.745. The van der Waals surface area contributed by atoms with Gasteiger partial charge in [-0.25, -0.2) is 4.98 Å². The van der Waals surface area contributed by atoms with E-state index in [9.17, 15) is 5.11 Å². The first-order valence-electron chi connectivity index (χ1n) is 4.94. The van der Waals surface area contributed by atoms with Crippen LogP contribution in [0.25, 0.3) is 10.9 Å². The van der Waals surface area contributed by atoms with Crippen molar-refractivity contribution in [2.45, 2.75) is 20.0 Å². The molecule has 0 aliphatic rings. The predicted octanol–water partition coefficient (Wildman–Crippen LogP) is 2.18. The Morgan fingerprint density at radius 2 is 2.00 bits per heavy atom. The largest absolute Gasteiger partial charge is 0.389 e. The highest BCUT2D eigenvalue weighted by molar-refractivity contribution is 5.85. The maximum absolute atomic E-state index is 9.62. The van der Waals surface area contributed by atoms with Crippen molar-refractivity contribution in [3.8, 4) is 0 Å². The maximum Gasteiger partial charge on any atom is 0.130 e. The van der Waals surface area contributed by atoms with Gasteiger partial charge >= 0.3 is 0 Å². The summed E-state index contributed by atoms with van der Waals surface area (Å²) in [5.74, 6) is 0.418. The first-order chi connectivity index (χ1) is 7.11. The van der Waals surface area contributed by atoms with Crippen LogP contribution in [0, 0.1) is 6.92 Å². The molecule has 3 N–H and O–H groups in total. The summed E-state index contributed by atoms with van der Waals surface area (Å²) in [6.07, 6.45) is -0.581. The van der Waals surface area contributed by atoms with Gasteiger partial charge in [-0.3, -0.25) is 0 Å². The summed E-state index contributed by atoms with van der Waals surface area (Å²) in [7, 11) is 0. The number of aliphatic hydroxyl groups excluding tert-OH is 1. The molecule has 0 aliphatic carbocycles. The second-order valence-electron chi connectivity index (χ2n) is 3.73. The molecule has 1 atom stereocenters. The maximum atomic E-state index is 9.62. The number of nitrogen functional groups attached to an aromatic ring is 1. The Hall–Kier alpha value is -1.61. The number of aliphatic hydroxyl groups is 1. The van der Waals surface area contributed by atoms with Crippen molar-refractivity contribution in [2.24, 2.45) is 0 Å². The van der Waals surface area contributed by atoms with E-state index in [4.69, 9.17) is 5.73 Å². The van der Waals surface area contributed by atoms with Crippen LogP contribution in [-0.4, -0.2) is 10.1 Å². The van der Waals surface area contributed by atoms with Gasteiger partial charge in [0.05, 0.1) is 11.6 Å². The summed E-state index contributed by atoms with van der Waals surface area (Å²) in [5.41, 5.74) is 8.43. The molecule has 0 spiro atoms. The molecule has 1 aromatic carbocycles. The van der Waals surface area contributed by atoms with E-state index in [1.165, 1.54) is 0 Å². The summed E-state index contributed by atoms with van der Waals surface area (Å²) >= 11 is 0. The third kappa shape index (κ3) is 1.55. The average molecular weight is 202 g/mol. The molecule has 0 fully saturated rings. The molecule has 2 rings (SSSR count). The fourth-order valence-electron chi connectivity index (χ4n) is 1.94. The monoisotopic (exact) mass is 202 g/mol. The molecule has 3 nitrogen and oxygen atoms in total. The van der Waals surface area contributed by atoms with E-state index in [-0.39, 0.29) is 0 Å². The minimum absolute atomic E-state index is 0.418. The number of benzene rings is 1. The lowest BCUT2D eigenvalue weighted by atomic mass is 10.0. The zero-order chi connectivity index (χ0) is 11.0. The molecule has 15 heavy (non-hydrogen) atoms. The van der Waals surface area contributed by atoms with Gasteiger partial charge in [0.25, 0.3) is 0 Å². The van der Waals surface area contributed by atoms with Gasteiger partial charge in [-0.2, -0.15) is 0 Å². The number of hydrogen-bond donors (Lipinski definition) is 2. The van der Waals surface area contributed by atoms with Gasteiger partial charge in [-0.15, -0.1) is 0 Å². The van der Waals surface area contributed by atoms with E-state index in [2.05, 4.69) is 4.98 Å². The molecule has 78 valence electrons. The van der Waals surface area contributed by atoms with Crippen LogP contribution in [0.5, 0.6) is 0 Å². The zero-order valence-electron chi connectivity index (χ0n) is 8.86. The zero-order valence-corrected chi connectivity index (χ0v) is 8.86. The van der Waals surface area contributed by atoms with Crippen molar-refractivity contribution in [2.75, 3.05) is 5.73 Å². The Bertz CT molecular complexity index is 506. The first-order valence-corrected chi connectivity index (χ1v) is 4.94. The summed E-state index contributed by atoms with van der Waals surface area (Å²) in [6, 6.07) is 7.79. The van der Waals surface area contributed by atoms with Crippen LogP contribution in [0.3, 0.4) is 0 Å². The number of anilines is 1. The van der Waals surface area contributed by atoms with Crippen LogP contribution < -0.4 is 5.73 Å². The van der Waals surface area contributed by atoms with Crippen LogP contribution in [0.1, 0.15) is 24.2 Å². The highest BCUT2D eigenvalue weighted by Crippen LogP contribution is 2.28. The Balaban J connectivity index is 2.84. The third-order valence-corrected chi connectivity index (χ3v) is 2.65. The number of aryl methyl sites for hydroxylation is 1. The number of pyridine rings is 1.